The van der Waals surface area contributed by atoms with Gasteiger partial charge in [-0.05, 0) is 0 Å². The first-order chi connectivity index (χ1) is 7.98. The maximum Gasteiger partial charge on any atom is 0.350 e. The van der Waals surface area contributed by atoms with Gasteiger partial charge in [0.25, 0.3) is 0 Å². The minimum atomic E-state index is -3.45. The van der Waals surface area contributed by atoms with Gasteiger partial charge in [0.05, 0.1) is 0 Å². The predicted octanol–water partition coefficient (Wildman–Crippen LogP) is -0.670. The zero-order valence-corrected chi connectivity index (χ0v) is 11.3. The molecule has 4 N–H and O–H groups in total. The molecule has 1 unspecified atom stereocenters. The van der Waals surface area contributed by atoms with Crippen molar-refractivity contribution < 1.29 is 28.9 Å². The van der Waals surface area contributed by atoms with Crippen LogP contribution in [0.4, 0.5) is 0 Å². The normalized spacial score (nSPS) is 14.4. The Balaban J connectivity index is 5.19. The van der Waals surface area contributed by atoms with Crippen molar-refractivity contribution in [2.45, 2.75) is 25.9 Å². The molecule has 18 heavy (non-hydrogen) atoms. The molecule has 0 aliphatic rings. The highest BCUT2D eigenvalue weighted by molar-refractivity contribution is 7.57. The monoisotopic (exact) mass is 280 g/mol. The summed E-state index contributed by atoms with van der Waals surface area (Å²) in [5.41, 5.74) is -2.06. The first-order valence-corrected chi connectivity index (χ1v) is 7.38. The first kappa shape index (κ1) is 16.6. The van der Waals surface area contributed by atoms with Crippen molar-refractivity contribution in [2.75, 3.05) is 12.8 Å². The Labute approximate surface area is 104 Å². The smallest absolute Gasteiger partial charge is 0.350 e. The van der Waals surface area contributed by atoms with Gasteiger partial charge in [-0.15, -0.1) is 0 Å². The second kappa shape index (κ2) is 5.97. The van der Waals surface area contributed by atoms with E-state index in [1.54, 1.807) is 0 Å². The van der Waals surface area contributed by atoms with Crippen molar-refractivity contribution in [1.82, 2.24) is 10.6 Å². The Bertz CT molecular complexity index is 386. The van der Waals surface area contributed by atoms with E-state index in [0.29, 0.717) is 0 Å². The van der Waals surface area contributed by atoms with E-state index >= 15 is 0 Å². The third kappa shape index (κ3) is 5.79. The summed E-state index contributed by atoms with van der Waals surface area (Å²) >= 11 is 0. The number of aliphatic carboxylic acids is 1. The molecule has 9 heteroatoms. The quantitative estimate of drug-likeness (QED) is 0.377. The van der Waals surface area contributed by atoms with E-state index < -0.39 is 30.8 Å². The van der Waals surface area contributed by atoms with Gasteiger partial charge in [0.15, 0.2) is 7.37 Å². The van der Waals surface area contributed by atoms with Gasteiger partial charge >= 0.3 is 5.97 Å². The Morgan fingerprint density at radius 3 is 1.78 bits per heavy atom. The summed E-state index contributed by atoms with van der Waals surface area (Å²) in [6.45, 7) is 3.25. The van der Waals surface area contributed by atoms with Crippen LogP contribution < -0.4 is 10.6 Å². The number of hydrogen-bond acceptors (Lipinski definition) is 4. The van der Waals surface area contributed by atoms with Crippen molar-refractivity contribution in [3.05, 3.63) is 0 Å². The van der Waals surface area contributed by atoms with E-state index in [1.165, 1.54) is 0 Å². The fourth-order valence-corrected chi connectivity index (χ4v) is 2.10. The summed E-state index contributed by atoms with van der Waals surface area (Å²) in [4.78, 5) is 42.4. The number of carbonyl (C=O) groups is 3. The molecule has 0 saturated heterocycles. The molecule has 0 aromatic rings. The van der Waals surface area contributed by atoms with Gasteiger partial charge in [-0.3, -0.25) is 14.2 Å². The SMILES string of the molecule is CC(=O)NC(CCP(C)(=O)O)(NC(C)=O)C(=O)O. The predicted molar refractivity (Wildman–Crippen MR) is 63.2 cm³/mol. The molecule has 8 nitrogen and oxygen atoms in total. The van der Waals surface area contributed by atoms with Crippen LogP contribution in [0.3, 0.4) is 0 Å². The van der Waals surface area contributed by atoms with E-state index in [-0.39, 0.29) is 12.6 Å². The van der Waals surface area contributed by atoms with E-state index in [0.717, 1.165) is 20.5 Å². The number of hydrogen-bond donors (Lipinski definition) is 4. The van der Waals surface area contributed by atoms with E-state index in [9.17, 15) is 18.9 Å². The highest BCUT2D eigenvalue weighted by atomic mass is 31.2. The average molecular weight is 280 g/mol. The molecular weight excluding hydrogens is 263 g/mol. The van der Waals surface area contributed by atoms with Gasteiger partial charge in [0, 0.05) is 33.1 Å². The highest BCUT2D eigenvalue weighted by Gasteiger charge is 2.41. The minimum Gasteiger partial charge on any atom is -0.478 e. The largest absolute Gasteiger partial charge is 0.478 e. The van der Waals surface area contributed by atoms with Crippen LogP contribution >= 0.6 is 7.37 Å². The lowest BCUT2D eigenvalue weighted by Gasteiger charge is -2.30. The molecule has 0 spiro atoms. The first-order valence-electron chi connectivity index (χ1n) is 5.09. The van der Waals surface area contributed by atoms with Gasteiger partial charge in [-0.2, -0.15) is 0 Å². The molecule has 1 atom stereocenters. The maximum absolute atomic E-state index is 11.2. The third-order valence-corrected chi connectivity index (χ3v) is 3.10. The number of amides is 2. The second-order valence-corrected chi connectivity index (χ2v) is 6.65. The molecule has 0 radical (unpaired) electrons. The van der Waals surface area contributed by atoms with Gasteiger partial charge in [-0.1, -0.05) is 0 Å². The number of carboxylic acid groups (broad SMARTS) is 1. The van der Waals surface area contributed by atoms with Crippen molar-refractivity contribution >= 4 is 25.2 Å². The van der Waals surface area contributed by atoms with Crippen LogP contribution in [0.2, 0.25) is 0 Å². The summed E-state index contributed by atoms with van der Waals surface area (Å²) in [6, 6.07) is 0. The molecule has 0 saturated carbocycles. The molecule has 0 rings (SSSR count). The van der Waals surface area contributed by atoms with Crippen LogP contribution in [0.15, 0.2) is 0 Å². The average Bonchev–Trinajstić information content (AvgIpc) is 2.10. The van der Waals surface area contributed by atoms with Crippen molar-refractivity contribution in [3.63, 3.8) is 0 Å². The lowest BCUT2D eigenvalue weighted by Crippen LogP contribution is -2.65. The second-order valence-electron chi connectivity index (χ2n) is 4.10. The van der Waals surface area contributed by atoms with Crippen LogP contribution in [0, 0.1) is 0 Å². The summed E-state index contributed by atoms with van der Waals surface area (Å²) in [6.07, 6.45) is -0.731. The van der Waals surface area contributed by atoms with Gasteiger partial charge < -0.3 is 20.6 Å². The molecular formula is C9H17N2O6P. The van der Waals surface area contributed by atoms with Crippen LogP contribution in [0.1, 0.15) is 20.3 Å². The van der Waals surface area contributed by atoms with Crippen molar-refractivity contribution in [1.29, 1.82) is 0 Å². The fraction of sp³-hybridized carbons (Fsp3) is 0.667. The molecule has 0 aromatic carbocycles. The van der Waals surface area contributed by atoms with Crippen LogP contribution in [0.25, 0.3) is 0 Å². The lowest BCUT2D eigenvalue weighted by molar-refractivity contribution is -0.151. The van der Waals surface area contributed by atoms with Crippen molar-refractivity contribution in [3.8, 4) is 0 Å². The molecule has 0 heterocycles. The van der Waals surface area contributed by atoms with E-state index in [4.69, 9.17) is 10.00 Å². The summed E-state index contributed by atoms with van der Waals surface area (Å²) in [5, 5.41) is 13.3. The van der Waals surface area contributed by atoms with Gasteiger partial charge in [0.1, 0.15) is 0 Å². The van der Waals surface area contributed by atoms with Crippen LogP contribution in [0.5, 0.6) is 0 Å². The summed E-state index contributed by atoms with van der Waals surface area (Å²) in [5.74, 6) is -2.84. The van der Waals surface area contributed by atoms with Gasteiger partial charge in [-0.25, -0.2) is 4.79 Å². The Morgan fingerprint density at radius 2 is 1.56 bits per heavy atom. The standard InChI is InChI=1S/C9H17N2O6P/c1-6(12)10-9(8(14)15,11-7(2)13)4-5-18(3,16)17/h4-5H2,1-3H3,(H,10,12)(H,11,13)(H,14,15)(H,16,17). The molecule has 2 amide bonds. The summed E-state index contributed by atoms with van der Waals surface area (Å²) < 4.78 is 11.2. The Morgan fingerprint density at radius 1 is 1.17 bits per heavy atom. The Hall–Kier alpha value is -1.40. The van der Waals surface area contributed by atoms with Gasteiger partial charge in [0.2, 0.25) is 17.5 Å². The number of carbonyl (C=O) groups excluding carboxylic acids is 2. The maximum atomic E-state index is 11.2. The Kier molecular flexibility index (Phi) is 5.51. The van der Waals surface area contributed by atoms with Crippen LogP contribution in [-0.2, 0) is 18.9 Å². The van der Waals surface area contributed by atoms with Crippen LogP contribution in [-0.4, -0.2) is 46.3 Å². The molecule has 0 aliphatic heterocycles. The molecule has 0 aliphatic carbocycles. The molecule has 0 aromatic heterocycles. The molecule has 104 valence electrons. The fourth-order valence-electron chi connectivity index (χ4n) is 1.35. The lowest BCUT2D eigenvalue weighted by atomic mass is 10.1. The third-order valence-electron chi connectivity index (χ3n) is 2.05. The van der Waals surface area contributed by atoms with E-state index in [1.807, 2.05) is 0 Å². The van der Waals surface area contributed by atoms with Crippen molar-refractivity contribution in [2.24, 2.45) is 0 Å². The molecule has 0 bridgehead atoms. The van der Waals surface area contributed by atoms with E-state index in [2.05, 4.69) is 10.6 Å². The zero-order chi connectivity index (χ0) is 14.6. The minimum absolute atomic E-state index is 0.347. The number of nitrogens with one attached hydrogen (secondary N) is 2. The number of rotatable bonds is 6. The summed E-state index contributed by atoms with van der Waals surface area (Å²) in [7, 11) is -3.45. The highest BCUT2D eigenvalue weighted by Crippen LogP contribution is 2.37. The number of carboxylic acids is 1. The zero-order valence-electron chi connectivity index (χ0n) is 10.4. The topological polar surface area (TPSA) is 133 Å². The molecule has 0 fully saturated rings.